The summed E-state index contributed by atoms with van der Waals surface area (Å²) < 4.78 is 66.9. The van der Waals surface area contributed by atoms with Crippen LogP contribution in [0.25, 0.3) is 10.9 Å². The van der Waals surface area contributed by atoms with Crippen molar-refractivity contribution < 1.29 is 22.3 Å². The van der Waals surface area contributed by atoms with Crippen LogP contribution in [0.5, 0.6) is 5.75 Å². The third kappa shape index (κ3) is 5.87. The van der Waals surface area contributed by atoms with Gasteiger partial charge in [0, 0.05) is 66.5 Å². The molecule has 0 spiro atoms. The highest BCUT2D eigenvalue weighted by molar-refractivity contribution is 5.85. The summed E-state index contributed by atoms with van der Waals surface area (Å²) in [6.45, 7) is 8.98. The number of halogens is 4. The van der Waals surface area contributed by atoms with E-state index in [0.717, 1.165) is 35.9 Å². The molecule has 3 aliphatic rings. The van der Waals surface area contributed by atoms with Gasteiger partial charge in [0.15, 0.2) is 0 Å². The van der Waals surface area contributed by atoms with Gasteiger partial charge in [-0.1, -0.05) is 18.2 Å². The fraction of sp³-hybridized carbons (Fsp3) is 0.576. The molecule has 6 rings (SSSR count). The molecule has 2 atom stereocenters. The molecule has 222 valence electrons. The van der Waals surface area contributed by atoms with Gasteiger partial charge in [0.1, 0.15) is 34.8 Å². The minimum absolute atomic E-state index is 0.0360. The lowest BCUT2D eigenvalue weighted by atomic mass is 9.80. The van der Waals surface area contributed by atoms with E-state index in [1.54, 1.807) is 6.92 Å². The molecule has 1 saturated carbocycles. The summed E-state index contributed by atoms with van der Waals surface area (Å²) >= 11 is 0. The first-order chi connectivity index (χ1) is 19.4. The number of rotatable bonds is 7. The van der Waals surface area contributed by atoms with Gasteiger partial charge in [0.2, 0.25) is 0 Å². The van der Waals surface area contributed by atoms with Crippen molar-refractivity contribution in [1.82, 2.24) is 14.8 Å². The van der Waals surface area contributed by atoms with Crippen molar-refractivity contribution in [2.75, 3.05) is 26.2 Å². The molecule has 41 heavy (non-hydrogen) atoms. The van der Waals surface area contributed by atoms with E-state index in [1.807, 2.05) is 36.1 Å². The van der Waals surface area contributed by atoms with E-state index >= 15 is 13.2 Å². The second-order valence-corrected chi connectivity index (χ2v) is 13.5. The number of aromatic amines is 1. The van der Waals surface area contributed by atoms with Gasteiger partial charge in [-0.2, -0.15) is 0 Å². The number of nitrogens with one attached hydrogen (secondary N) is 1. The normalized spacial score (nSPS) is 28.0. The highest BCUT2D eigenvalue weighted by Crippen LogP contribution is 2.44. The molecule has 0 amide bonds. The zero-order valence-corrected chi connectivity index (χ0v) is 24.5. The van der Waals surface area contributed by atoms with Crippen LogP contribution >= 0.6 is 0 Å². The monoisotopic (exact) mass is 571 g/mol. The van der Waals surface area contributed by atoms with Crippen LogP contribution in [0.3, 0.4) is 0 Å². The smallest absolute Gasteiger partial charge is 0.135 e. The van der Waals surface area contributed by atoms with Crippen molar-refractivity contribution in [3.8, 4) is 5.75 Å². The first-order valence-corrected chi connectivity index (χ1v) is 15.0. The Bertz CT molecular complexity index is 1370. The van der Waals surface area contributed by atoms with Crippen molar-refractivity contribution in [2.24, 2.45) is 5.92 Å². The minimum Gasteiger partial charge on any atom is -0.488 e. The fourth-order valence-corrected chi connectivity index (χ4v) is 7.15. The summed E-state index contributed by atoms with van der Waals surface area (Å²) in [4.78, 5) is 7.56. The lowest BCUT2D eigenvalue weighted by Gasteiger charge is -2.43. The molecule has 0 radical (unpaired) electrons. The maximum atomic E-state index is 15.9. The number of alkyl halides is 2. The van der Waals surface area contributed by atoms with E-state index in [2.05, 4.69) is 9.88 Å². The number of nitrogens with zero attached hydrogens (tertiary/aromatic N) is 2. The fourth-order valence-electron chi connectivity index (χ4n) is 7.15. The molecule has 3 heterocycles. The SMILES string of the molecule is C[C@@H]1Cc2c([nH]c3ccccc23)[C@@H](c2c(F)cc(OC3CN(CC4CCC(C)(F)CC4)C3)cc2F)N1CC(C)(C)F. The number of para-hydroxylation sites is 1. The number of aromatic nitrogens is 1. The van der Waals surface area contributed by atoms with Gasteiger partial charge in [-0.3, -0.25) is 9.80 Å². The zero-order chi connectivity index (χ0) is 29.1. The first-order valence-electron chi connectivity index (χ1n) is 15.0. The van der Waals surface area contributed by atoms with Crippen LogP contribution in [0.2, 0.25) is 0 Å². The number of hydrogen-bond donors (Lipinski definition) is 1. The second-order valence-electron chi connectivity index (χ2n) is 13.5. The third-order valence-corrected chi connectivity index (χ3v) is 9.29. The highest BCUT2D eigenvalue weighted by atomic mass is 19.2. The number of likely N-dealkylation sites (tertiary alicyclic amines) is 1. The number of hydrogen-bond acceptors (Lipinski definition) is 3. The summed E-state index contributed by atoms with van der Waals surface area (Å²) in [5.41, 5.74) is -0.0428. The predicted molar refractivity (Wildman–Crippen MR) is 154 cm³/mol. The zero-order valence-electron chi connectivity index (χ0n) is 24.5. The molecule has 8 heteroatoms. The van der Waals surface area contributed by atoms with Crippen LogP contribution in [-0.2, 0) is 6.42 Å². The molecule has 0 bridgehead atoms. The van der Waals surface area contributed by atoms with Crippen LogP contribution in [-0.4, -0.2) is 64.4 Å². The maximum absolute atomic E-state index is 15.9. The van der Waals surface area contributed by atoms with E-state index in [4.69, 9.17) is 4.74 Å². The summed E-state index contributed by atoms with van der Waals surface area (Å²) in [5.74, 6) is -0.743. The van der Waals surface area contributed by atoms with Crippen LogP contribution < -0.4 is 4.74 Å². The van der Waals surface area contributed by atoms with Gasteiger partial charge in [0.05, 0.1) is 6.04 Å². The number of ether oxygens (including phenoxy) is 1. The van der Waals surface area contributed by atoms with Crippen molar-refractivity contribution in [3.63, 3.8) is 0 Å². The third-order valence-electron chi connectivity index (χ3n) is 9.29. The van der Waals surface area contributed by atoms with Crippen molar-refractivity contribution in [1.29, 1.82) is 0 Å². The maximum Gasteiger partial charge on any atom is 0.135 e. The number of fused-ring (bicyclic) bond motifs is 3. The van der Waals surface area contributed by atoms with Crippen LogP contribution in [0, 0.1) is 17.6 Å². The number of H-pyrrole nitrogens is 1. The van der Waals surface area contributed by atoms with E-state index in [1.165, 1.54) is 26.0 Å². The Morgan fingerprint density at radius 3 is 2.39 bits per heavy atom. The summed E-state index contributed by atoms with van der Waals surface area (Å²) in [6, 6.07) is 9.46. The molecule has 2 aliphatic heterocycles. The van der Waals surface area contributed by atoms with Gasteiger partial charge in [-0.25, -0.2) is 17.6 Å². The highest BCUT2D eigenvalue weighted by Gasteiger charge is 2.41. The van der Waals surface area contributed by atoms with Crippen molar-refractivity contribution in [2.45, 2.75) is 89.3 Å². The minimum atomic E-state index is -1.55. The van der Waals surface area contributed by atoms with E-state index < -0.39 is 29.0 Å². The lowest BCUT2D eigenvalue weighted by molar-refractivity contribution is -0.00162. The molecule has 1 aromatic heterocycles. The molecule has 3 aromatic rings. The molecule has 1 saturated heterocycles. The average molecular weight is 572 g/mol. The van der Waals surface area contributed by atoms with Crippen LogP contribution in [0.4, 0.5) is 17.6 Å². The van der Waals surface area contributed by atoms with Gasteiger partial charge >= 0.3 is 0 Å². The summed E-state index contributed by atoms with van der Waals surface area (Å²) in [5, 5.41) is 1.03. The average Bonchev–Trinajstić information content (AvgIpc) is 3.22. The van der Waals surface area contributed by atoms with Gasteiger partial charge in [-0.15, -0.1) is 0 Å². The largest absolute Gasteiger partial charge is 0.488 e. The quantitative estimate of drug-likeness (QED) is 0.298. The number of benzene rings is 2. The topological polar surface area (TPSA) is 31.5 Å². The first kappa shape index (κ1) is 28.5. The Labute approximate surface area is 240 Å². The Balaban J connectivity index is 1.22. The van der Waals surface area contributed by atoms with E-state index in [-0.39, 0.29) is 30.0 Å². The van der Waals surface area contributed by atoms with Gasteiger partial charge < -0.3 is 9.72 Å². The van der Waals surface area contributed by atoms with Crippen molar-refractivity contribution >= 4 is 10.9 Å². The molecule has 4 nitrogen and oxygen atoms in total. The Hall–Kier alpha value is -2.58. The second kappa shape index (κ2) is 10.6. The molecule has 2 aromatic carbocycles. The molecular formula is C33H41F4N3O. The van der Waals surface area contributed by atoms with Gasteiger partial charge in [-0.05, 0) is 77.3 Å². The molecule has 1 N–H and O–H groups in total. The van der Waals surface area contributed by atoms with E-state index in [9.17, 15) is 4.39 Å². The van der Waals surface area contributed by atoms with Crippen LogP contribution in [0.15, 0.2) is 36.4 Å². The summed E-state index contributed by atoms with van der Waals surface area (Å²) in [7, 11) is 0. The Morgan fingerprint density at radius 1 is 1.07 bits per heavy atom. The van der Waals surface area contributed by atoms with Gasteiger partial charge in [0.25, 0.3) is 0 Å². The Morgan fingerprint density at radius 2 is 1.73 bits per heavy atom. The molecule has 0 unspecified atom stereocenters. The molecule has 2 fully saturated rings. The molecular weight excluding hydrogens is 530 g/mol. The Kier molecular flexibility index (Phi) is 7.38. The molecule has 1 aliphatic carbocycles. The predicted octanol–water partition coefficient (Wildman–Crippen LogP) is 7.51. The standard InChI is InChI=1S/C33H41F4N3O/c1-20-13-25-24-7-5-6-8-28(24)38-30(25)31(40(20)19-32(2,3)36)29-26(34)14-22(15-27(29)35)41-23-17-39(18-23)16-21-9-11-33(4,37)12-10-21/h5-8,14-15,20-21,23,31,38H,9-13,16-19H2,1-4H3/t20-,21?,31-,33?/m1/s1. The summed E-state index contributed by atoms with van der Waals surface area (Å²) in [6.07, 6.45) is 3.51. The van der Waals surface area contributed by atoms with Crippen molar-refractivity contribution in [3.05, 3.63) is 64.9 Å². The van der Waals surface area contributed by atoms with Crippen LogP contribution in [0.1, 0.15) is 76.2 Å². The van der Waals surface area contributed by atoms with E-state index in [0.29, 0.717) is 44.0 Å². The lowest BCUT2D eigenvalue weighted by Crippen LogP contribution is -2.55.